The molecule has 9 nitrogen and oxygen atoms in total. The molecule has 0 saturated carbocycles. The van der Waals surface area contributed by atoms with E-state index in [1.807, 2.05) is 6.92 Å². The Morgan fingerprint density at radius 3 is 2.52 bits per heavy atom. The number of hydrogen-bond donors (Lipinski definition) is 1. The monoisotopic (exact) mass is 297 g/mol. The highest BCUT2D eigenvalue weighted by atomic mass is 16.7. The SMILES string of the molecule is CCCCCC(=O)ONc1ccc([N+](=O)[O-])cc1[N+](=O)[O-]. The highest BCUT2D eigenvalue weighted by Crippen LogP contribution is 2.28. The highest BCUT2D eigenvalue weighted by Gasteiger charge is 2.20. The van der Waals surface area contributed by atoms with Crippen LogP contribution in [0, 0.1) is 20.2 Å². The molecule has 1 rings (SSSR count). The predicted octanol–water partition coefficient (Wildman–Crippen LogP) is 2.95. The molecule has 9 heteroatoms. The van der Waals surface area contributed by atoms with Gasteiger partial charge in [0.25, 0.3) is 5.69 Å². The molecule has 21 heavy (non-hydrogen) atoms. The molecular weight excluding hydrogens is 282 g/mol. The van der Waals surface area contributed by atoms with Crippen LogP contribution in [0.25, 0.3) is 0 Å². The van der Waals surface area contributed by atoms with Gasteiger partial charge in [-0.1, -0.05) is 19.8 Å². The number of nitrogens with one attached hydrogen (secondary N) is 1. The Labute approximate surface area is 120 Å². The van der Waals surface area contributed by atoms with Gasteiger partial charge in [0.2, 0.25) is 0 Å². The zero-order valence-corrected chi connectivity index (χ0v) is 11.4. The lowest BCUT2D eigenvalue weighted by atomic mass is 10.2. The Bertz CT molecular complexity index is 546. The van der Waals surface area contributed by atoms with Gasteiger partial charge < -0.3 is 4.84 Å². The number of nitrogens with zero attached hydrogens (tertiary/aromatic N) is 2. The first kappa shape index (κ1) is 16.3. The molecule has 0 aliphatic rings. The number of nitro groups is 2. The molecule has 1 aromatic rings. The molecule has 0 spiro atoms. The van der Waals surface area contributed by atoms with E-state index in [1.165, 1.54) is 0 Å². The van der Waals surface area contributed by atoms with E-state index in [1.54, 1.807) is 0 Å². The van der Waals surface area contributed by atoms with Gasteiger partial charge in [-0.3, -0.25) is 20.2 Å². The zero-order valence-electron chi connectivity index (χ0n) is 11.4. The maximum atomic E-state index is 11.4. The second-order valence-corrected chi connectivity index (χ2v) is 4.25. The summed E-state index contributed by atoms with van der Waals surface area (Å²) in [4.78, 5) is 36.0. The molecule has 0 fully saturated rings. The molecule has 1 aromatic carbocycles. The van der Waals surface area contributed by atoms with E-state index >= 15 is 0 Å². The molecule has 0 radical (unpaired) electrons. The minimum absolute atomic E-state index is 0.116. The number of hydrogen-bond acceptors (Lipinski definition) is 7. The maximum Gasteiger partial charge on any atom is 0.332 e. The molecule has 1 N–H and O–H groups in total. The molecule has 0 saturated heterocycles. The summed E-state index contributed by atoms with van der Waals surface area (Å²) < 4.78 is 0. The Kier molecular flexibility index (Phi) is 6.05. The fraction of sp³-hybridized carbons (Fsp3) is 0.417. The fourth-order valence-electron chi connectivity index (χ4n) is 1.55. The number of carbonyl (C=O) groups is 1. The Morgan fingerprint density at radius 2 is 1.95 bits per heavy atom. The van der Waals surface area contributed by atoms with Crippen LogP contribution >= 0.6 is 0 Å². The van der Waals surface area contributed by atoms with Gasteiger partial charge in [0.05, 0.1) is 15.9 Å². The van der Waals surface area contributed by atoms with E-state index < -0.39 is 27.2 Å². The first-order valence-corrected chi connectivity index (χ1v) is 6.34. The summed E-state index contributed by atoms with van der Waals surface area (Å²) in [6, 6.07) is 3.00. The molecule has 0 aliphatic heterocycles. The summed E-state index contributed by atoms with van der Waals surface area (Å²) >= 11 is 0. The van der Waals surface area contributed by atoms with Crippen LogP contribution in [0.2, 0.25) is 0 Å². The highest BCUT2D eigenvalue weighted by molar-refractivity contribution is 5.72. The first-order chi connectivity index (χ1) is 9.95. The Hall–Kier alpha value is -2.71. The lowest BCUT2D eigenvalue weighted by Crippen LogP contribution is -2.11. The van der Waals surface area contributed by atoms with Crippen molar-refractivity contribution in [3.05, 3.63) is 38.4 Å². The van der Waals surface area contributed by atoms with Gasteiger partial charge in [-0.2, -0.15) is 0 Å². The van der Waals surface area contributed by atoms with Crippen molar-refractivity contribution < 1.29 is 19.5 Å². The van der Waals surface area contributed by atoms with Crippen molar-refractivity contribution in [2.24, 2.45) is 0 Å². The lowest BCUT2D eigenvalue weighted by Gasteiger charge is -2.07. The Balaban J connectivity index is 2.72. The van der Waals surface area contributed by atoms with Crippen LogP contribution in [0.5, 0.6) is 0 Å². The fourth-order valence-corrected chi connectivity index (χ4v) is 1.55. The lowest BCUT2D eigenvalue weighted by molar-refractivity contribution is -0.393. The van der Waals surface area contributed by atoms with E-state index in [-0.39, 0.29) is 12.1 Å². The van der Waals surface area contributed by atoms with Crippen molar-refractivity contribution >= 4 is 23.0 Å². The summed E-state index contributed by atoms with van der Waals surface area (Å²) in [5, 5.41) is 21.4. The van der Waals surface area contributed by atoms with E-state index in [2.05, 4.69) is 5.48 Å². The average molecular weight is 297 g/mol. The summed E-state index contributed by atoms with van der Waals surface area (Å²) in [5.74, 6) is -0.545. The second kappa shape index (κ2) is 7.78. The number of carbonyl (C=O) groups excluding carboxylic acids is 1. The van der Waals surface area contributed by atoms with Gasteiger partial charge >= 0.3 is 11.7 Å². The number of rotatable bonds is 8. The minimum Gasteiger partial charge on any atom is -0.343 e. The van der Waals surface area contributed by atoms with Gasteiger partial charge in [-0.15, -0.1) is 0 Å². The molecule has 0 aromatic heterocycles. The normalized spacial score (nSPS) is 9.95. The van der Waals surface area contributed by atoms with Crippen LogP contribution in [0.4, 0.5) is 17.1 Å². The van der Waals surface area contributed by atoms with Gasteiger partial charge in [0, 0.05) is 12.5 Å². The number of unbranched alkanes of at least 4 members (excludes halogenated alkanes) is 2. The third-order valence-electron chi connectivity index (χ3n) is 2.65. The summed E-state index contributed by atoms with van der Waals surface area (Å²) in [6.07, 6.45) is 2.70. The average Bonchev–Trinajstić information content (AvgIpc) is 2.45. The van der Waals surface area contributed by atoms with Crippen LogP contribution in [-0.2, 0) is 9.63 Å². The van der Waals surface area contributed by atoms with E-state index in [9.17, 15) is 25.0 Å². The number of benzene rings is 1. The molecule has 0 atom stereocenters. The maximum absolute atomic E-state index is 11.4. The van der Waals surface area contributed by atoms with Gasteiger partial charge in [-0.25, -0.2) is 10.3 Å². The third-order valence-corrected chi connectivity index (χ3v) is 2.65. The summed E-state index contributed by atoms with van der Waals surface area (Å²) in [5.41, 5.74) is 1.11. The molecule has 114 valence electrons. The van der Waals surface area contributed by atoms with Crippen molar-refractivity contribution in [1.82, 2.24) is 0 Å². The van der Waals surface area contributed by atoms with Crippen molar-refractivity contribution in [3.8, 4) is 0 Å². The van der Waals surface area contributed by atoms with Crippen LogP contribution in [0.3, 0.4) is 0 Å². The number of nitro benzene ring substituents is 2. The predicted molar refractivity (Wildman–Crippen MR) is 73.6 cm³/mol. The van der Waals surface area contributed by atoms with E-state index in [0.717, 1.165) is 31.0 Å². The van der Waals surface area contributed by atoms with Gasteiger partial charge in [0.1, 0.15) is 5.69 Å². The molecule has 0 bridgehead atoms. The third kappa shape index (κ3) is 5.05. The quantitative estimate of drug-likeness (QED) is 0.444. The van der Waals surface area contributed by atoms with Crippen LogP contribution in [0.15, 0.2) is 18.2 Å². The zero-order chi connectivity index (χ0) is 15.8. The smallest absolute Gasteiger partial charge is 0.332 e. The van der Waals surface area contributed by atoms with E-state index in [4.69, 9.17) is 4.84 Å². The van der Waals surface area contributed by atoms with Crippen LogP contribution in [0.1, 0.15) is 32.6 Å². The van der Waals surface area contributed by atoms with Gasteiger partial charge in [-0.05, 0) is 12.5 Å². The van der Waals surface area contributed by atoms with Crippen LogP contribution in [-0.4, -0.2) is 15.8 Å². The van der Waals surface area contributed by atoms with E-state index in [0.29, 0.717) is 6.42 Å². The van der Waals surface area contributed by atoms with Crippen molar-refractivity contribution in [3.63, 3.8) is 0 Å². The van der Waals surface area contributed by atoms with Gasteiger partial charge in [0.15, 0.2) is 0 Å². The number of anilines is 1. The Morgan fingerprint density at radius 1 is 1.24 bits per heavy atom. The molecule has 0 heterocycles. The standard InChI is InChI=1S/C12H15N3O6/c1-2-3-4-5-12(16)21-13-10-7-6-9(14(17)18)8-11(10)15(19)20/h6-8,13H,2-5H2,1H3. The summed E-state index contributed by atoms with van der Waals surface area (Å²) in [7, 11) is 0. The molecule has 0 unspecified atom stereocenters. The molecule has 0 amide bonds. The summed E-state index contributed by atoms with van der Waals surface area (Å²) in [6.45, 7) is 1.99. The minimum atomic E-state index is -0.791. The van der Waals surface area contributed by atoms with Crippen molar-refractivity contribution in [2.75, 3.05) is 5.48 Å². The number of non-ortho nitro benzene ring substituents is 1. The van der Waals surface area contributed by atoms with Crippen molar-refractivity contribution in [1.29, 1.82) is 0 Å². The van der Waals surface area contributed by atoms with Crippen molar-refractivity contribution in [2.45, 2.75) is 32.6 Å². The van der Waals surface area contributed by atoms with Crippen LogP contribution < -0.4 is 5.48 Å². The topological polar surface area (TPSA) is 125 Å². The first-order valence-electron chi connectivity index (χ1n) is 6.34. The molecule has 0 aliphatic carbocycles. The second-order valence-electron chi connectivity index (χ2n) is 4.25. The largest absolute Gasteiger partial charge is 0.343 e. The molecular formula is C12H15N3O6.